The van der Waals surface area contributed by atoms with E-state index in [0.717, 1.165) is 32.4 Å². The minimum Gasteiger partial charge on any atom is -0.351 e. The Kier molecular flexibility index (Phi) is 4.31. The first-order valence-corrected chi connectivity index (χ1v) is 7.42. The van der Waals surface area contributed by atoms with Crippen molar-refractivity contribution in [2.75, 3.05) is 23.3 Å². The summed E-state index contributed by atoms with van der Waals surface area (Å²) in [6.45, 7) is 1.44. The van der Waals surface area contributed by atoms with Gasteiger partial charge in [0.05, 0.1) is 10.6 Å². The van der Waals surface area contributed by atoms with Crippen molar-refractivity contribution in [2.24, 2.45) is 0 Å². The van der Waals surface area contributed by atoms with Crippen LogP contribution in [0.15, 0.2) is 30.6 Å². The lowest BCUT2D eigenvalue weighted by Gasteiger charge is -2.27. The molecule has 2 heterocycles. The molecule has 0 atom stereocenters. The second kappa shape index (κ2) is 6.55. The molecule has 120 valence electrons. The topological polar surface area (TPSA) is 84.2 Å². The summed E-state index contributed by atoms with van der Waals surface area (Å²) in [5.41, 5.74) is -0.0865. The highest BCUT2D eigenvalue weighted by molar-refractivity contribution is 5.74. The molecule has 1 fully saturated rings. The van der Waals surface area contributed by atoms with Crippen molar-refractivity contribution in [2.45, 2.75) is 19.3 Å². The Morgan fingerprint density at radius 2 is 1.91 bits per heavy atom. The van der Waals surface area contributed by atoms with Crippen molar-refractivity contribution in [3.05, 3.63) is 46.5 Å². The largest absolute Gasteiger partial charge is 0.353 e. The Hall–Kier alpha value is -2.77. The summed E-state index contributed by atoms with van der Waals surface area (Å²) in [5.74, 6) is -0.223. The van der Waals surface area contributed by atoms with Crippen LogP contribution in [0, 0.1) is 15.9 Å². The molecule has 23 heavy (non-hydrogen) atoms. The van der Waals surface area contributed by atoms with Crippen LogP contribution in [0.4, 0.5) is 27.4 Å². The minimum absolute atomic E-state index is 0.00401. The first kappa shape index (κ1) is 15.1. The molecule has 3 rings (SSSR count). The zero-order chi connectivity index (χ0) is 16.2. The van der Waals surface area contributed by atoms with Gasteiger partial charge in [0.15, 0.2) is 0 Å². The SMILES string of the molecule is O=[N+]([O-])c1c(Nc2ccccc2F)ncnc1N1CCCCC1. The van der Waals surface area contributed by atoms with Crippen molar-refractivity contribution in [3.8, 4) is 0 Å². The molecule has 1 aromatic carbocycles. The lowest BCUT2D eigenvalue weighted by Crippen LogP contribution is -2.31. The van der Waals surface area contributed by atoms with E-state index in [1.54, 1.807) is 12.1 Å². The predicted molar refractivity (Wildman–Crippen MR) is 84.4 cm³/mol. The molecular formula is C15H16FN5O2. The van der Waals surface area contributed by atoms with Gasteiger partial charge in [0.25, 0.3) is 0 Å². The first-order chi connectivity index (χ1) is 11.2. The van der Waals surface area contributed by atoms with Crippen LogP contribution >= 0.6 is 0 Å². The monoisotopic (exact) mass is 317 g/mol. The zero-order valence-corrected chi connectivity index (χ0v) is 12.4. The van der Waals surface area contributed by atoms with E-state index in [1.807, 2.05) is 4.90 Å². The number of hydrogen-bond donors (Lipinski definition) is 1. The molecule has 0 bridgehead atoms. The maximum absolute atomic E-state index is 13.8. The summed E-state index contributed by atoms with van der Waals surface area (Å²) < 4.78 is 13.8. The van der Waals surface area contributed by atoms with Crippen molar-refractivity contribution in [3.63, 3.8) is 0 Å². The molecule has 7 nitrogen and oxygen atoms in total. The number of piperidine rings is 1. The van der Waals surface area contributed by atoms with Gasteiger partial charge >= 0.3 is 5.69 Å². The van der Waals surface area contributed by atoms with Gasteiger partial charge in [-0.15, -0.1) is 0 Å². The van der Waals surface area contributed by atoms with Gasteiger partial charge in [-0.25, -0.2) is 14.4 Å². The van der Waals surface area contributed by atoms with E-state index >= 15 is 0 Å². The molecule has 0 radical (unpaired) electrons. The quantitative estimate of drug-likeness (QED) is 0.688. The number of para-hydroxylation sites is 1. The van der Waals surface area contributed by atoms with Crippen LogP contribution in [0.2, 0.25) is 0 Å². The van der Waals surface area contributed by atoms with Crippen molar-refractivity contribution in [1.82, 2.24) is 9.97 Å². The summed E-state index contributed by atoms with van der Waals surface area (Å²) >= 11 is 0. The van der Waals surface area contributed by atoms with Crippen LogP contribution in [0.25, 0.3) is 0 Å². The summed E-state index contributed by atoms with van der Waals surface area (Å²) in [6.07, 6.45) is 4.31. The van der Waals surface area contributed by atoms with E-state index in [9.17, 15) is 14.5 Å². The highest BCUT2D eigenvalue weighted by atomic mass is 19.1. The van der Waals surface area contributed by atoms with E-state index in [-0.39, 0.29) is 23.0 Å². The van der Waals surface area contributed by atoms with E-state index in [0.29, 0.717) is 0 Å². The molecule has 2 aromatic rings. The molecule has 1 aromatic heterocycles. The fourth-order valence-corrected chi connectivity index (χ4v) is 2.66. The number of benzene rings is 1. The van der Waals surface area contributed by atoms with Crippen LogP contribution in [0.5, 0.6) is 0 Å². The normalized spacial score (nSPS) is 14.6. The lowest BCUT2D eigenvalue weighted by atomic mass is 10.1. The number of halogens is 1. The van der Waals surface area contributed by atoms with Crippen LogP contribution in [0.3, 0.4) is 0 Å². The van der Waals surface area contributed by atoms with Gasteiger partial charge in [-0.05, 0) is 31.4 Å². The summed E-state index contributed by atoms with van der Waals surface area (Å²) in [6, 6.07) is 5.97. The van der Waals surface area contributed by atoms with Gasteiger partial charge in [-0.2, -0.15) is 0 Å². The Morgan fingerprint density at radius 1 is 1.17 bits per heavy atom. The molecule has 0 amide bonds. The Morgan fingerprint density at radius 3 is 2.61 bits per heavy atom. The number of rotatable bonds is 4. The molecule has 8 heteroatoms. The molecule has 1 saturated heterocycles. The van der Waals surface area contributed by atoms with Gasteiger partial charge < -0.3 is 10.2 Å². The lowest BCUT2D eigenvalue weighted by molar-refractivity contribution is -0.383. The van der Waals surface area contributed by atoms with Crippen LogP contribution in [0.1, 0.15) is 19.3 Å². The average molecular weight is 317 g/mol. The molecule has 1 N–H and O–H groups in total. The maximum Gasteiger partial charge on any atom is 0.353 e. The summed E-state index contributed by atoms with van der Waals surface area (Å²) in [7, 11) is 0. The van der Waals surface area contributed by atoms with Crippen molar-refractivity contribution >= 4 is 23.0 Å². The predicted octanol–water partition coefficient (Wildman–Crippen LogP) is 3.26. The van der Waals surface area contributed by atoms with Gasteiger partial charge in [-0.1, -0.05) is 12.1 Å². The van der Waals surface area contributed by atoms with Crippen LogP contribution < -0.4 is 10.2 Å². The van der Waals surface area contributed by atoms with Gasteiger partial charge in [0.1, 0.15) is 12.1 Å². The number of nitrogens with zero attached hydrogens (tertiary/aromatic N) is 4. The minimum atomic E-state index is -0.521. The number of hydrogen-bond acceptors (Lipinski definition) is 6. The van der Waals surface area contributed by atoms with Gasteiger partial charge in [-0.3, -0.25) is 10.1 Å². The van der Waals surface area contributed by atoms with E-state index < -0.39 is 10.7 Å². The number of aromatic nitrogens is 2. The highest BCUT2D eigenvalue weighted by Crippen LogP contribution is 2.35. The number of anilines is 3. The fraction of sp³-hybridized carbons (Fsp3) is 0.333. The van der Waals surface area contributed by atoms with Crippen molar-refractivity contribution in [1.29, 1.82) is 0 Å². The summed E-state index contributed by atoms with van der Waals surface area (Å²) in [4.78, 5) is 20.9. The third-order valence-corrected chi connectivity index (χ3v) is 3.77. The molecule has 0 aliphatic carbocycles. The fourth-order valence-electron chi connectivity index (χ4n) is 2.66. The molecular weight excluding hydrogens is 301 g/mol. The Balaban J connectivity index is 2.00. The third kappa shape index (κ3) is 3.20. The molecule has 1 aliphatic rings. The second-order valence-corrected chi connectivity index (χ2v) is 5.30. The molecule has 0 unspecified atom stereocenters. The van der Waals surface area contributed by atoms with Crippen LogP contribution in [-0.2, 0) is 0 Å². The van der Waals surface area contributed by atoms with E-state index in [4.69, 9.17) is 0 Å². The molecule has 0 saturated carbocycles. The van der Waals surface area contributed by atoms with Gasteiger partial charge in [0.2, 0.25) is 11.6 Å². The van der Waals surface area contributed by atoms with Crippen molar-refractivity contribution < 1.29 is 9.31 Å². The van der Waals surface area contributed by atoms with E-state index in [1.165, 1.54) is 18.5 Å². The molecule has 1 aliphatic heterocycles. The smallest absolute Gasteiger partial charge is 0.351 e. The maximum atomic E-state index is 13.8. The zero-order valence-electron chi connectivity index (χ0n) is 12.4. The third-order valence-electron chi connectivity index (χ3n) is 3.77. The second-order valence-electron chi connectivity index (χ2n) is 5.30. The van der Waals surface area contributed by atoms with Gasteiger partial charge in [0, 0.05) is 13.1 Å². The van der Waals surface area contributed by atoms with Crippen LogP contribution in [-0.4, -0.2) is 28.0 Å². The Bertz CT molecular complexity index is 719. The number of nitro groups is 1. The number of nitrogens with one attached hydrogen (secondary N) is 1. The first-order valence-electron chi connectivity index (χ1n) is 7.42. The summed E-state index contributed by atoms with van der Waals surface area (Å²) in [5, 5.41) is 14.2. The Labute approximate surface area is 132 Å². The average Bonchev–Trinajstić information content (AvgIpc) is 2.57. The van der Waals surface area contributed by atoms with E-state index in [2.05, 4.69) is 15.3 Å². The molecule has 0 spiro atoms. The highest BCUT2D eigenvalue weighted by Gasteiger charge is 2.28. The standard InChI is InChI=1S/C15H16FN5O2/c16-11-6-2-3-7-12(11)19-14-13(21(22)23)15(18-10-17-14)20-8-4-1-5-9-20/h2-3,6-7,10H,1,4-5,8-9H2,(H,17,18,19).